The van der Waals surface area contributed by atoms with Gasteiger partial charge >= 0.3 is 0 Å². The predicted octanol–water partition coefficient (Wildman–Crippen LogP) is 5.32. The van der Waals surface area contributed by atoms with Gasteiger partial charge in [0.05, 0.1) is 17.6 Å². The number of hydrogen-bond donors (Lipinski definition) is 0. The Bertz CT molecular complexity index is 1050. The van der Waals surface area contributed by atoms with Crippen molar-refractivity contribution in [1.82, 2.24) is 9.55 Å². The summed E-state index contributed by atoms with van der Waals surface area (Å²) in [6, 6.07) is 25.1. The zero-order valence-corrected chi connectivity index (χ0v) is 15.9. The van der Waals surface area contributed by atoms with E-state index in [-0.39, 0.29) is 0 Å². The van der Waals surface area contributed by atoms with E-state index in [1.807, 2.05) is 12.1 Å². The van der Waals surface area contributed by atoms with Crippen molar-refractivity contribution in [3.63, 3.8) is 0 Å². The van der Waals surface area contributed by atoms with Gasteiger partial charge < -0.3 is 9.30 Å². The van der Waals surface area contributed by atoms with Gasteiger partial charge in [0.2, 0.25) is 0 Å². The molecular formula is C24H24N2O. The molecule has 136 valence electrons. The minimum atomic E-state index is 0.617. The molecule has 1 aromatic heterocycles. The summed E-state index contributed by atoms with van der Waals surface area (Å²) in [5.41, 5.74) is 5.85. The van der Waals surface area contributed by atoms with Crippen LogP contribution in [0.4, 0.5) is 0 Å². The molecule has 3 heteroatoms. The average Bonchev–Trinajstić information content (AvgIpc) is 3.03. The fraction of sp³-hybridized carbons (Fsp3) is 0.208. The van der Waals surface area contributed by atoms with Crippen molar-refractivity contribution in [1.29, 1.82) is 0 Å². The van der Waals surface area contributed by atoms with Crippen molar-refractivity contribution in [3.05, 3.63) is 95.3 Å². The van der Waals surface area contributed by atoms with Gasteiger partial charge in [0.25, 0.3) is 0 Å². The normalized spacial score (nSPS) is 11.0. The maximum absolute atomic E-state index is 6.10. The van der Waals surface area contributed by atoms with Crippen molar-refractivity contribution in [3.8, 4) is 5.75 Å². The van der Waals surface area contributed by atoms with Crippen LogP contribution in [0.1, 0.15) is 22.5 Å². The second-order valence-electron chi connectivity index (χ2n) is 6.95. The van der Waals surface area contributed by atoms with Gasteiger partial charge in [0.1, 0.15) is 18.2 Å². The number of nitrogens with zero attached hydrogens (tertiary/aromatic N) is 2. The highest BCUT2D eigenvalue weighted by Crippen LogP contribution is 2.21. The molecule has 0 N–H and O–H groups in total. The Morgan fingerprint density at radius 1 is 0.889 bits per heavy atom. The third-order valence-corrected chi connectivity index (χ3v) is 4.85. The Morgan fingerprint density at radius 3 is 2.52 bits per heavy atom. The van der Waals surface area contributed by atoms with Crippen molar-refractivity contribution < 1.29 is 4.74 Å². The van der Waals surface area contributed by atoms with E-state index in [1.165, 1.54) is 16.7 Å². The molecule has 0 aliphatic rings. The summed E-state index contributed by atoms with van der Waals surface area (Å²) in [4.78, 5) is 4.87. The molecule has 0 spiro atoms. The SMILES string of the molecule is Cc1ccc(C)c(OCCn2c(Cc3ccccc3)nc3ccccc32)c1. The third-order valence-electron chi connectivity index (χ3n) is 4.85. The first-order chi connectivity index (χ1) is 13.2. The molecule has 0 saturated carbocycles. The Morgan fingerprint density at radius 2 is 1.67 bits per heavy atom. The van der Waals surface area contributed by atoms with E-state index in [0.29, 0.717) is 6.61 Å². The van der Waals surface area contributed by atoms with Crippen LogP contribution in [-0.2, 0) is 13.0 Å². The second-order valence-corrected chi connectivity index (χ2v) is 6.95. The quantitative estimate of drug-likeness (QED) is 0.467. The largest absolute Gasteiger partial charge is 0.491 e. The molecule has 3 nitrogen and oxygen atoms in total. The zero-order chi connectivity index (χ0) is 18.6. The maximum atomic E-state index is 6.10. The summed E-state index contributed by atoms with van der Waals surface area (Å²) in [7, 11) is 0. The van der Waals surface area contributed by atoms with Crippen LogP contribution in [0.15, 0.2) is 72.8 Å². The van der Waals surface area contributed by atoms with Crippen molar-refractivity contribution in [2.24, 2.45) is 0 Å². The number of para-hydroxylation sites is 2. The van der Waals surface area contributed by atoms with Gasteiger partial charge in [0, 0.05) is 6.42 Å². The lowest BCUT2D eigenvalue weighted by Gasteiger charge is -2.13. The van der Waals surface area contributed by atoms with Gasteiger partial charge in [-0.25, -0.2) is 4.98 Å². The Labute approximate surface area is 160 Å². The molecule has 1 heterocycles. The summed E-state index contributed by atoms with van der Waals surface area (Å²) in [5.74, 6) is 2.04. The fourth-order valence-electron chi connectivity index (χ4n) is 3.40. The summed E-state index contributed by atoms with van der Waals surface area (Å²) >= 11 is 0. The maximum Gasteiger partial charge on any atom is 0.122 e. The van der Waals surface area contributed by atoms with Gasteiger partial charge in [0.15, 0.2) is 0 Å². The molecule has 4 rings (SSSR count). The molecule has 27 heavy (non-hydrogen) atoms. The van der Waals surface area contributed by atoms with E-state index in [0.717, 1.165) is 35.6 Å². The van der Waals surface area contributed by atoms with Crippen LogP contribution in [0.2, 0.25) is 0 Å². The van der Waals surface area contributed by atoms with Crippen LogP contribution in [-0.4, -0.2) is 16.2 Å². The van der Waals surface area contributed by atoms with Gasteiger partial charge in [-0.05, 0) is 48.7 Å². The molecule has 0 saturated heterocycles. The number of fused-ring (bicyclic) bond motifs is 1. The third kappa shape index (κ3) is 3.87. The van der Waals surface area contributed by atoms with Crippen LogP contribution >= 0.6 is 0 Å². The predicted molar refractivity (Wildman–Crippen MR) is 110 cm³/mol. The van der Waals surface area contributed by atoms with Crippen LogP contribution in [0.25, 0.3) is 11.0 Å². The van der Waals surface area contributed by atoms with Crippen molar-refractivity contribution in [2.75, 3.05) is 6.61 Å². The number of hydrogen-bond acceptors (Lipinski definition) is 2. The van der Waals surface area contributed by atoms with E-state index in [4.69, 9.17) is 9.72 Å². The van der Waals surface area contributed by atoms with Crippen molar-refractivity contribution >= 4 is 11.0 Å². The van der Waals surface area contributed by atoms with Crippen LogP contribution in [0.5, 0.6) is 5.75 Å². The summed E-state index contributed by atoms with van der Waals surface area (Å²) in [6.07, 6.45) is 0.818. The van der Waals surface area contributed by atoms with E-state index in [1.54, 1.807) is 0 Å². The van der Waals surface area contributed by atoms with Gasteiger partial charge in [-0.15, -0.1) is 0 Å². The minimum Gasteiger partial charge on any atom is -0.491 e. The smallest absolute Gasteiger partial charge is 0.122 e. The number of rotatable bonds is 6. The van der Waals surface area contributed by atoms with E-state index < -0.39 is 0 Å². The van der Waals surface area contributed by atoms with Crippen molar-refractivity contribution in [2.45, 2.75) is 26.8 Å². The van der Waals surface area contributed by atoms with E-state index >= 15 is 0 Å². The first-order valence-corrected chi connectivity index (χ1v) is 9.39. The summed E-state index contributed by atoms with van der Waals surface area (Å²) in [5, 5.41) is 0. The molecule has 0 aliphatic carbocycles. The molecular weight excluding hydrogens is 332 g/mol. The topological polar surface area (TPSA) is 27.1 Å². The van der Waals surface area contributed by atoms with Crippen LogP contribution in [0.3, 0.4) is 0 Å². The summed E-state index contributed by atoms with van der Waals surface area (Å²) < 4.78 is 8.38. The van der Waals surface area contributed by atoms with Gasteiger partial charge in [-0.2, -0.15) is 0 Å². The first kappa shape index (κ1) is 17.3. The minimum absolute atomic E-state index is 0.617. The molecule has 0 atom stereocenters. The van der Waals surface area contributed by atoms with Gasteiger partial charge in [-0.3, -0.25) is 0 Å². The van der Waals surface area contributed by atoms with E-state index in [2.05, 4.69) is 79.1 Å². The lowest BCUT2D eigenvalue weighted by molar-refractivity contribution is 0.296. The Kier molecular flexibility index (Phi) is 4.93. The molecule has 4 aromatic rings. The highest BCUT2D eigenvalue weighted by Gasteiger charge is 2.11. The number of aryl methyl sites for hydroxylation is 2. The lowest BCUT2D eigenvalue weighted by atomic mass is 10.1. The Hall–Kier alpha value is -3.07. The number of ether oxygens (including phenoxy) is 1. The first-order valence-electron chi connectivity index (χ1n) is 9.39. The zero-order valence-electron chi connectivity index (χ0n) is 15.9. The molecule has 0 amide bonds. The van der Waals surface area contributed by atoms with Gasteiger partial charge in [-0.1, -0.05) is 54.6 Å². The average molecular weight is 356 g/mol. The molecule has 0 unspecified atom stereocenters. The lowest BCUT2D eigenvalue weighted by Crippen LogP contribution is -2.12. The Balaban J connectivity index is 1.58. The second kappa shape index (κ2) is 7.67. The van der Waals surface area contributed by atoms with E-state index in [9.17, 15) is 0 Å². The number of aromatic nitrogens is 2. The molecule has 0 fully saturated rings. The number of imidazole rings is 1. The summed E-state index contributed by atoms with van der Waals surface area (Å²) in [6.45, 7) is 5.57. The molecule has 0 radical (unpaired) electrons. The number of benzene rings is 3. The monoisotopic (exact) mass is 356 g/mol. The highest BCUT2D eigenvalue weighted by atomic mass is 16.5. The molecule has 0 aliphatic heterocycles. The van der Waals surface area contributed by atoms with Crippen LogP contribution < -0.4 is 4.74 Å². The molecule has 0 bridgehead atoms. The fourth-order valence-corrected chi connectivity index (χ4v) is 3.40. The highest BCUT2D eigenvalue weighted by molar-refractivity contribution is 5.76. The molecule has 3 aromatic carbocycles. The van der Waals surface area contributed by atoms with Crippen LogP contribution in [0, 0.1) is 13.8 Å². The standard InChI is InChI=1S/C24H24N2O/c1-18-12-13-19(2)23(16-18)27-15-14-26-22-11-7-6-10-21(22)25-24(26)17-20-8-4-3-5-9-20/h3-13,16H,14-15,17H2,1-2H3.